The van der Waals surface area contributed by atoms with E-state index in [-0.39, 0.29) is 6.61 Å². The molecule has 1 rings (SSSR count). The van der Waals surface area contributed by atoms with Crippen LogP contribution in [0.5, 0.6) is 11.5 Å². The number of hydrogen-bond acceptors (Lipinski definition) is 4. The average molecular weight is 225 g/mol. The van der Waals surface area contributed by atoms with Gasteiger partial charge in [0.05, 0.1) is 12.7 Å². The Morgan fingerprint density at radius 3 is 2.50 bits per heavy atom. The van der Waals surface area contributed by atoms with Crippen LogP contribution in [-0.2, 0) is 6.54 Å². The Balaban J connectivity index is 2.79. The molecule has 0 radical (unpaired) electrons. The predicted molar refractivity (Wildman–Crippen MR) is 62.7 cm³/mol. The highest BCUT2D eigenvalue weighted by Gasteiger charge is 2.15. The number of ether oxygens (including phenoxy) is 2. The van der Waals surface area contributed by atoms with E-state index in [2.05, 4.69) is 0 Å². The second-order valence-corrected chi connectivity index (χ2v) is 4.29. The summed E-state index contributed by atoms with van der Waals surface area (Å²) in [5, 5.41) is 9.56. The average Bonchev–Trinajstić information content (AvgIpc) is 2.25. The van der Waals surface area contributed by atoms with Crippen LogP contribution in [-0.4, -0.2) is 24.4 Å². The Labute approximate surface area is 96.0 Å². The van der Waals surface area contributed by atoms with Crippen molar-refractivity contribution in [1.29, 1.82) is 0 Å². The number of benzene rings is 1. The lowest BCUT2D eigenvalue weighted by Gasteiger charge is -2.19. The number of hydrogen-bond donors (Lipinski definition) is 2. The normalized spacial score (nSPS) is 11.3. The van der Waals surface area contributed by atoms with Crippen molar-refractivity contribution < 1.29 is 14.6 Å². The predicted octanol–water partition coefficient (Wildman–Crippen LogP) is 1.30. The Hall–Kier alpha value is -1.26. The quantitative estimate of drug-likeness (QED) is 0.793. The highest BCUT2D eigenvalue weighted by Crippen LogP contribution is 2.28. The maximum atomic E-state index is 9.56. The minimum absolute atomic E-state index is 0.214. The molecule has 0 atom stereocenters. The van der Waals surface area contributed by atoms with Crippen molar-refractivity contribution in [2.45, 2.75) is 26.0 Å². The molecule has 0 fully saturated rings. The summed E-state index contributed by atoms with van der Waals surface area (Å²) in [6.07, 6.45) is 0. The van der Waals surface area contributed by atoms with Gasteiger partial charge in [0.2, 0.25) is 0 Å². The summed E-state index contributed by atoms with van der Waals surface area (Å²) in [6, 6.07) is 5.51. The van der Waals surface area contributed by atoms with Gasteiger partial charge in [0.15, 0.2) is 11.5 Å². The molecule has 0 saturated heterocycles. The van der Waals surface area contributed by atoms with Crippen LogP contribution in [0.4, 0.5) is 0 Å². The third kappa shape index (κ3) is 3.72. The van der Waals surface area contributed by atoms with Crippen LogP contribution in [0, 0.1) is 0 Å². The van der Waals surface area contributed by atoms with E-state index in [9.17, 15) is 5.11 Å². The first-order valence-corrected chi connectivity index (χ1v) is 5.18. The van der Waals surface area contributed by atoms with Crippen molar-refractivity contribution in [2.75, 3.05) is 13.7 Å². The van der Waals surface area contributed by atoms with E-state index in [0.29, 0.717) is 18.0 Å². The third-order valence-electron chi connectivity index (χ3n) is 2.04. The van der Waals surface area contributed by atoms with E-state index in [1.165, 1.54) is 0 Å². The van der Waals surface area contributed by atoms with Gasteiger partial charge in [-0.15, -0.1) is 0 Å². The lowest BCUT2D eigenvalue weighted by Crippen LogP contribution is -2.28. The highest BCUT2D eigenvalue weighted by molar-refractivity contribution is 5.42. The van der Waals surface area contributed by atoms with Gasteiger partial charge >= 0.3 is 0 Å². The number of aliphatic hydroxyl groups is 1. The topological polar surface area (TPSA) is 64.7 Å². The van der Waals surface area contributed by atoms with Crippen LogP contribution in [0.15, 0.2) is 18.2 Å². The molecule has 3 N–H and O–H groups in total. The molecule has 0 aliphatic carbocycles. The zero-order valence-electron chi connectivity index (χ0n) is 9.99. The molecule has 0 saturated carbocycles. The largest absolute Gasteiger partial charge is 0.493 e. The van der Waals surface area contributed by atoms with Gasteiger partial charge < -0.3 is 20.3 Å². The SMILES string of the molecule is COc1cc(CN)ccc1OCC(C)(C)O. The molecule has 0 amide bonds. The molecule has 90 valence electrons. The van der Waals surface area contributed by atoms with Crippen molar-refractivity contribution in [3.05, 3.63) is 23.8 Å². The molecular weight excluding hydrogens is 206 g/mol. The summed E-state index contributed by atoms with van der Waals surface area (Å²) >= 11 is 0. The zero-order chi connectivity index (χ0) is 12.2. The van der Waals surface area contributed by atoms with Crippen LogP contribution in [0.1, 0.15) is 19.4 Å². The van der Waals surface area contributed by atoms with Gasteiger partial charge in [-0.2, -0.15) is 0 Å². The maximum absolute atomic E-state index is 9.56. The molecule has 0 aromatic heterocycles. The lowest BCUT2D eigenvalue weighted by molar-refractivity contribution is 0.0276. The van der Waals surface area contributed by atoms with E-state index in [0.717, 1.165) is 5.56 Å². The monoisotopic (exact) mass is 225 g/mol. The number of nitrogens with two attached hydrogens (primary N) is 1. The highest BCUT2D eigenvalue weighted by atomic mass is 16.5. The summed E-state index contributed by atoms with van der Waals surface area (Å²) in [5.41, 5.74) is 5.65. The van der Waals surface area contributed by atoms with Gasteiger partial charge in [0.25, 0.3) is 0 Å². The molecule has 1 aromatic rings. The van der Waals surface area contributed by atoms with Crippen molar-refractivity contribution >= 4 is 0 Å². The fraction of sp³-hybridized carbons (Fsp3) is 0.500. The number of rotatable bonds is 5. The van der Waals surface area contributed by atoms with E-state index in [1.54, 1.807) is 27.0 Å². The first-order valence-electron chi connectivity index (χ1n) is 5.18. The van der Waals surface area contributed by atoms with E-state index < -0.39 is 5.60 Å². The van der Waals surface area contributed by atoms with Gasteiger partial charge in [-0.25, -0.2) is 0 Å². The van der Waals surface area contributed by atoms with E-state index in [4.69, 9.17) is 15.2 Å². The Kier molecular flexibility index (Phi) is 4.15. The van der Waals surface area contributed by atoms with Gasteiger partial charge in [-0.3, -0.25) is 0 Å². The lowest BCUT2D eigenvalue weighted by atomic mass is 10.1. The molecule has 0 aliphatic rings. The molecule has 0 heterocycles. The Morgan fingerprint density at radius 1 is 1.31 bits per heavy atom. The van der Waals surface area contributed by atoms with E-state index >= 15 is 0 Å². The summed E-state index contributed by atoms with van der Waals surface area (Å²) < 4.78 is 10.7. The molecule has 16 heavy (non-hydrogen) atoms. The molecule has 0 spiro atoms. The van der Waals surface area contributed by atoms with Crippen LogP contribution >= 0.6 is 0 Å². The van der Waals surface area contributed by atoms with Gasteiger partial charge in [-0.05, 0) is 31.5 Å². The van der Waals surface area contributed by atoms with Crippen molar-refractivity contribution in [3.63, 3.8) is 0 Å². The minimum atomic E-state index is -0.864. The molecule has 0 aliphatic heterocycles. The fourth-order valence-electron chi connectivity index (χ4n) is 1.21. The summed E-state index contributed by atoms with van der Waals surface area (Å²) in [6.45, 7) is 4.05. The van der Waals surface area contributed by atoms with Crippen molar-refractivity contribution in [2.24, 2.45) is 5.73 Å². The molecule has 0 bridgehead atoms. The van der Waals surface area contributed by atoms with Crippen LogP contribution in [0.25, 0.3) is 0 Å². The Bertz CT molecular complexity index is 345. The third-order valence-corrected chi connectivity index (χ3v) is 2.04. The minimum Gasteiger partial charge on any atom is -0.493 e. The standard InChI is InChI=1S/C12H19NO3/c1-12(2,14)8-16-10-5-4-9(7-13)6-11(10)15-3/h4-6,14H,7-8,13H2,1-3H3. The second kappa shape index (κ2) is 5.18. The van der Waals surface area contributed by atoms with Crippen LogP contribution in [0.3, 0.4) is 0 Å². The zero-order valence-corrected chi connectivity index (χ0v) is 9.99. The summed E-state index contributed by atoms with van der Waals surface area (Å²) in [5.74, 6) is 1.24. The smallest absolute Gasteiger partial charge is 0.161 e. The molecule has 4 heteroatoms. The van der Waals surface area contributed by atoms with Crippen molar-refractivity contribution in [3.8, 4) is 11.5 Å². The first kappa shape index (κ1) is 12.8. The summed E-state index contributed by atoms with van der Waals surface area (Å²) in [4.78, 5) is 0. The number of methoxy groups -OCH3 is 1. The molecule has 1 aromatic carbocycles. The van der Waals surface area contributed by atoms with Gasteiger partial charge in [0, 0.05) is 6.54 Å². The van der Waals surface area contributed by atoms with E-state index in [1.807, 2.05) is 12.1 Å². The van der Waals surface area contributed by atoms with Crippen LogP contribution in [0.2, 0.25) is 0 Å². The van der Waals surface area contributed by atoms with Gasteiger partial charge in [-0.1, -0.05) is 6.07 Å². The molecular formula is C12H19NO3. The molecule has 4 nitrogen and oxygen atoms in total. The summed E-state index contributed by atoms with van der Waals surface area (Å²) in [7, 11) is 1.58. The Morgan fingerprint density at radius 2 is 2.00 bits per heavy atom. The maximum Gasteiger partial charge on any atom is 0.161 e. The second-order valence-electron chi connectivity index (χ2n) is 4.29. The molecule has 0 unspecified atom stereocenters. The fourth-order valence-corrected chi connectivity index (χ4v) is 1.21. The van der Waals surface area contributed by atoms with Gasteiger partial charge in [0.1, 0.15) is 6.61 Å². The van der Waals surface area contributed by atoms with Crippen LogP contribution < -0.4 is 15.2 Å². The van der Waals surface area contributed by atoms with Crippen molar-refractivity contribution in [1.82, 2.24) is 0 Å². The first-order chi connectivity index (χ1) is 7.46.